The molecule has 3 atom stereocenters. The first-order valence-electron chi connectivity index (χ1n) is 7.52. The van der Waals surface area contributed by atoms with E-state index in [4.69, 9.17) is 4.74 Å². The molecular weight excluding hydrogens is 278 g/mol. The van der Waals surface area contributed by atoms with Crippen LogP contribution in [0, 0.1) is 11.8 Å². The number of methoxy groups -OCH3 is 1. The summed E-state index contributed by atoms with van der Waals surface area (Å²) in [6, 6.07) is 7.42. The molecule has 0 aliphatic heterocycles. The molecule has 0 unspecified atom stereocenters. The number of imidazole rings is 1. The molecule has 0 radical (unpaired) electrons. The minimum absolute atomic E-state index is 0.0893. The van der Waals surface area contributed by atoms with Crippen molar-refractivity contribution in [3.05, 3.63) is 48.0 Å². The number of nitrogens with one attached hydrogen (secondary N) is 1. The quantitative estimate of drug-likeness (QED) is 0.921. The topological polar surface area (TPSA) is 56.1 Å². The molecule has 1 saturated carbocycles. The molecule has 1 aliphatic carbocycles. The van der Waals surface area contributed by atoms with Crippen LogP contribution in [0.3, 0.4) is 0 Å². The largest absolute Gasteiger partial charge is 0.496 e. The predicted molar refractivity (Wildman–Crippen MR) is 83.5 cm³/mol. The number of carbonyl (C=O) groups is 1. The van der Waals surface area contributed by atoms with E-state index in [1.54, 1.807) is 13.3 Å². The number of nitrogens with zero attached hydrogens (tertiary/aromatic N) is 2. The molecule has 3 rings (SSSR count). The molecule has 1 aromatic heterocycles. The lowest BCUT2D eigenvalue weighted by molar-refractivity contribution is -0.123. The first-order chi connectivity index (χ1) is 10.6. The number of aryl methyl sites for hydroxylation is 1. The van der Waals surface area contributed by atoms with E-state index in [1.165, 1.54) is 0 Å². The molecule has 0 spiro atoms. The molecular formula is C17H21N3O2. The van der Waals surface area contributed by atoms with E-state index in [2.05, 4.69) is 17.2 Å². The van der Waals surface area contributed by atoms with Crippen LogP contribution in [0.5, 0.6) is 5.75 Å². The molecule has 1 aromatic carbocycles. The van der Waals surface area contributed by atoms with Crippen molar-refractivity contribution in [3.8, 4) is 5.75 Å². The Hall–Kier alpha value is -2.30. The zero-order valence-electron chi connectivity index (χ0n) is 13.1. The molecule has 2 aromatic rings. The summed E-state index contributed by atoms with van der Waals surface area (Å²) in [5, 5.41) is 3.14. The summed E-state index contributed by atoms with van der Waals surface area (Å²) in [7, 11) is 3.57. The van der Waals surface area contributed by atoms with Gasteiger partial charge in [-0.15, -0.1) is 0 Å². The highest BCUT2D eigenvalue weighted by atomic mass is 16.5. The van der Waals surface area contributed by atoms with Crippen LogP contribution in [0.1, 0.15) is 30.8 Å². The van der Waals surface area contributed by atoms with Crippen LogP contribution in [-0.4, -0.2) is 22.6 Å². The van der Waals surface area contributed by atoms with Crippen LogP contribution in [0.4, 0.5) is 0 Å². The van der Waals surface area contributed by atoms with Gasteiger partial charge in [-0.25, -0.2) is 4.98 Å². The fraction of sp³-hybridized carbons (Fsp3) is 0.412. The SMILES string of the molecule is COc1ccccc1[C@H](NC(=O)[C@H]1C[C@@H]1C)c1nccn1C. The van der Waals surface area contributed by atoms with Gasteiger partial charge in [-0.2, -0.15) is 0 Å². The Labute approximate surface area is 130 Å². The van der Waals surface area contributed by atoms with Gasteiger partial charge in [0.1, 0.15) is 17.6 Å². The molecule has 1 aliphatic rings. The van der Waals surface area contributed by atoms with Crippen molar-refractivity contribution in [1.82, 2.24) is 14.9 Å². The van der Waals surface area contributed by atoms with Gasteiger partial charge in [-0.05, 0) is 18.4 Å². The third-order valence-corrected chi connectivity index (χ3v) is 4.30. The summed E-state index contributed by atoms with van der Waals surface area (Å²) in [4.78, 5) is 16.8. The van der Waals surface area contributed by atoms with Gasteiger partial charge in [0.05, 0.1) is 7.11 Å². The van der Waals surface area contributed by atoms with Crippen molar-refractivity contribution < 1.29 is 9.53 Å². The van der Waals surface area contributed by atoms with Crippen LogP contribution in [-0.2, 0) is 11.8 Å². The fourth-order valence-corrected chi connectivity index (χ4v) is 2.78. The van der Waals surface area contributed by atoms with Crippen LogP contribution in [0.2, 0.25) is 0 Å². The van der Waals surface area contributed by atoms with Gasteiger partial charge < -0.3 is 14.6 Å². The number of hydrogen-bond donors (Lipinski definition) is 1. The van der Waals surface area contributed by atoms with Crippen molar-refractivity contribution in [1.29, 1.82) is 0 Å². The van der Waals surface area contributed by atoms with Crippen LogP contribution in [0.15, 0.2) is 36.7 Å². The summed E-state index contributed by atoms with van der Waals surface area (Å²) in [6.07, 6.45) is 4.58. The monoisotopic (exact) mass is 299 g/mol. The number of para-hydroxylation sites is 1. The standard InChI is InChI=1S/C17H21N3O2/c1-11-10-13(11)17(21)19-15(16-18-8-9-20(16)2)12-6-4-5-7-14(12)22-3/h4-9,11,13,15H,10H2,1-3H3,(H,19,21)/t11-,13-,15-/m0/s1. The number of carbonyl (C=O) groups excluding carboxylic acids is 1. The van der Waals surface area contributed by atoms with E-state index < -0.39 is 0 Å². The van der Waals surface area contributed by atoms with Crippen molar-refractivity contribution >= 4 is 5.91 Å². The smallest absolute Gasteiger partial charge is 0.224 e. The van der Waals surface area contributed by atoms with E-state index in [0.29, 0.717) is 5.92 Å². The molecule has 5 nitrogen and oxygen atoms in total. The fourth-order valence-electron chi connectivity index (χ4n) is 2.78. The number of amides is 1. The molecule has 1 amide bonds. The maximum atomic E-state index is 12.4. The Morgan fingerprint density at radius 3 is 2.77 bits per heavy atom. The minimum atomic E-state index is -0.309. The average molecular weight is 299 g/mol. The molecule has 1 N–H and O–H groups in total. The number of rotatable bonds is 5. The second kappa shape index (κ2) is 5.83. The van der Waals surface area contributed by atoms with Crippen molar-refractivity contribution in [2.75, 3.05) is 7.11 Å². The lowest BCUT2D eigenvalue weighted by Crippen LogP contribution is -2.32. The van der Waals surface area contributed by atoms with Gasteiger partial charge in [0, 0.05) is 30.9 Å². The first-order valence-corrected chi connectivity index (χ1v) is 7.52. The average Bonchev–Trinajstić information content (AvgIpc) is 3.11. The Bertz CT molecular complexity index is 680. The van der Waals surface area contributed by atoms with Gasteiger partial charge in [0.2, 0.25) is 5.91 Å². The Morgan fingerprint density at radius 2 is 2.18 bits per heavy atom. The lowest BCUT2D eigenvalue weighted by Gasteiger charge is -2.21. The Balaban J connectivity index is 1.96. The lowest BCUT2D eigenvalue weighted by atomic mass is 10.0. The van der Waals surface area contributed by atoms with Gasteiger partial charge in [0.15, 0.2) is 0 Å². The van der Waals surface area contributed by atoms with Crippen molar-refractivity contribution in [2.24, 2.45) is 18.9 Å². The molecule has 116 valence electrons. The van der Waals surface area contributed by atoms with E-state index in [0.717, 1.165) is 23.6 Å². The van der Waals surface area contributed by atoms with Gasteiger partial charge >= 0.3 is 0 Å². The summed E-state index contributed by atoms with van der Waals surface area (Å²) in [6.45, 7) is 2.10. The van der Waals surface area contributed by atoms with Crippen molar-refractivity contribution in [2.45, 2.75) is 19.4 Å². The van der Waals surface area contributed by atoms with E-state index >= 15 is 0 Å². The maximum Gasteiger partial charge on any atom is 0.224 e. The predicted octanol–water partition coefficient (Wildman–Crippen LogP) is 2.29. The second-order valence-electron chi connectivity index (χ2n) is 5.90. The number of benzene rings is 1. The number of hydrogen-bond acceptors (Lipinski definition) is 3. The summed E-state index contributed by atoms with van der Waals surface area (Å²) >= 11 is 0. The Kier molecular flexibility index (Phi) is 3.88. The van der Waals surface area contributed by atoms with Gasteiger partial charge in [0.25, 0.3) is 0 Å². The zero-order valence-corrected chi connectivity index (χ0v) is 13.1. The number of ether oxygens (including phenoxy) is 1. The first kappa shape index (κ1) is 14.6. The minimum Gasteiger partial charge on any atom is -0.496 e. The summed E-state index contributed by atoms with van der Waals surface area (Å²) in [5.41, 5.74) is 0.918. The van der Waals surface area contributed by atoms with Gasteiger partial charge in [-0.1, -0.05) is 25.1 Å². The van der Waals surface area contributed by atoms with Crippen LogP contribution < -0.4 is 10.1 Å². The van der Waals surface area contributed by atoms with Gasteiger partial charge in [-0.3, -0.25) is 4.79 Å². The number of aromatic nitrogens is 2. The zero-order chi connectivity index (χ0) is 15.7. The molecule has 1 heterocycles. The van der Waals surface area contributed by atoms with E-state index in [-0.39, 0.29) is 17.9 Å². The normalized spacial score (nSPS) is 21.2. The summed E-state index contributed by atoms with van der Waals surface area (Å²) in [5.74, 6) is 2.23. The van der Waals surface area contributed by atoms with Crippen LogP contribution >= 0.6 is 0 Å². The maximum absolute atomic E-state index is 12.4. The highest BCUT2D eigenvalue weighted by molar-refractivity contribution is 5.82. The van der Waals surface area contributed by atoms with E-state index in [1.807, 2.05) is 42.1 Å². The molecule has 0 saturated heterocycles. The molecule has 1 fully saturated rings. The Morgan fingerprint density at radius 1 is 1.45 bits per heavy atom. The van der Waals surface area contributed by atoms with Crippen molar-refractivity contribution in [3.63, 3.8) is 0 Å². The van der Waals surface area contributed by atoms with E-state index in [9.17, 15) is 4.79 Å². The molecule has 0 bridgehead atoms. The molecule has 5 heteroatoms. The molecule has 22 heavy (non-hydrogen) atoms. The highest BCUT2D eigenvalue weighted by Gasteiger charge is 2.40. The second-order valence-corrected chi connectivity index (χ2v) is 5.90. The highest BCUT2D eigenvalue weighted by Crippen LogP contribution is 2.39. The van der Waals surface area contributed by atoms with Crippen LogP contribution in [0.25, 0.3) is 0 Å². The summed E-state index contributed by atoms with van der Waals surface area (Å²) < 4.78 is 7.38. The third-order valence-electron chi connectivity index (χ3n) is 4.30. The third kappa shape index (κ3) is 2.71.